The van der Waals surface area contributed by atoms with Crippen molar-refractivity contribution in [2.75, 3.05) is 0 Å². The third-order valence-electron chi connectivity index (χ3n) is 1.03. The summed E-state index contributed by atoms with van der Waals surface area (Å²) < 4.78 is 0. The molecule has 0 saturated carbocycles. The molecule has 0 bridgehead atoms. The van der Waals surface area contributed by atoms with Crippen molar-refractivity contribution in [2.24, 2.45) is 5.73 Å². The number of hydrogen-bond acceptors (Lipinski definition) is 2. The third kappa shape index (κ3) is 1.74. The second-order valence-corrected chi connectivity index (χ2v) is 2.50. The summed E-state index contributed by atoms with van der Waals surface area (Å²) in [5.41, 5.74) is 6.42. The zero-order valence-electron chi connectivity index (χ0n) is 4.99. The van der Waals surface area contributed by atoms with E-state index in [9.17, 15) is 0 Å². The number of nitrogens with two attached hydrogens (primary N) is 1. The average Bonchev–Trinajstić information content (AvgIpc) is 1.90. The van der Waals surface area contributed by atoms with Crippen molar-refractivity contribution >= 4 is 9.24 Å². The first-order chi connectivity index (χ1) is 4.30. The highest BCUT2D eigenvalue weighted by atomic mass is 31.0. The Morgan fingerprint density at radius 3 is 2.67 bits per heavy atom. The van der Waals surface area contributed by atoms with Crippen molar-refractivity contribution in [3.05, 3.63) is 30.1 Å². The van der Waals surface area contributed by atoms with E-state index in [1.807, 2.05) is 18.2 Å². The van der Waals surface area contributed by atoms with E-state index in [1.165, 1.54) is 0 Å². The molecule has 1 aromatic rings. The normalized spacial score (nSPS) is 13.1. The molecule has 2 atom stereocenters. The Kier molecular flexibility index (Phi) is 2.15. The van der Waals surface area contributed by atoms with Crippen molar-refractivity contribution in [3.8, 4) is 0 Å². The first kappa shape index (κ1) is 6.66. The molecular formula is C6H9N2P. The summed E-state index contributed by atoms with van der Waals surface area (Å²) in [4.78, 5) is 4.03. The zero-order chi connectivity index (χ0) is 6.69. The Hall–Kier alpha value is -0.460. The van der Waals surface area contributed by atoms with E-state index in [2.05, 4.69) is 14.2 Å². The topological polar surface area (TPSA) is 38.9 Å². The van der Waals surface area contributed by atoms with Gasteiger partial charge in [0.05, 0.1) is 11.5 Å². The predicted molar refractivity (Wildman–Crippen MR) is 40.9 cm³/mol. The SMILES string of the molecule is NC(P)c1ccccn1. The van der Waals surface area contributed by atoms with E-state index in [0.717, 1.165) is 5.69 Å². The summed E-state index contributed by atoms with van der Waals surface area (Å²) in [7, 11) is 2.49. The molecule has 2 unspecified atom stereocenters. The maximum Gasteiger partial charge on any atom is 0.0612 e. The van der Waals surface area contributed by atoms with Gasteiger partial charge in [0.25, 0.3) is 0 Å². The lowest BCUT2D eigenvalue weighted by Gasteiger charge is -2.00. The van der Waals surface area contributed by atoms with Crippen LogP contribution in [0.2, 0.25) is 0 Å². The Bertz CT molecular complexity index is 174. The molecule has 48 valence electrons. The van der Waals surface area contributed by atoms with Crippen LogP contribution in [0.15, 0.2) is 24.4 Å². The minimum absolute atomic E-state index is 0.0359. The lowest BCUT2D eigenvalue weighted by Crippen LogP contribution is -2.02. The van der Waals surface area contributed by atoms with Gasteiger partial charge in [0.15, 0.2) is 0 Å². The van der Waals surface area contributed by atoms with Gasteiger partial charge < -0.3 is 5.73 Å². The van der Waals surface area contributed by atoms with Gasteiger partial charge in [-0.1, -0.05) is 6.07 Å². The first-order valence-electron chi connectivity index (χ1n) is 2.73. The van der Waals surface area contributed by atoms with Crippen LogP contribution in [0.1, 0.15) is 11.5 Å². The van der Waals surface area contributed by atoms with E-state index in [-0.39, 0.29) is 5.78 Å². The summed E-state index contributed by atoms with van der Waals surface area (Å²) in [6.07, 6.45) is 1.74. The maximum atomic E-state index is 5.51. The molecule has 2 N–H and O–H groups in total. The van der Waals surface area contributed by atoms with Crippen LogP contribution < -0.4 is 5.73 Å². The summed E-state index contributed by atoms with van der Waals surface area (Å²) in [5.74, 6) is -0.0359. The Morgan fingerprint density at radius 2 is 2.33 bits per heavy atom. The molecule has 2 nitrogen and oxygen atoms in total. The Morgan fingerprint density at radius 1 is 1.56 bits per heavy atom. The van der Waals surface area contributed by atoms with Crippen LogP contribution in [0.5, 0.6) is 0 Å². The van der Waals surface area contributed by atoms with Gasteiger partial charge in [-0.2, -0.15) is 0 Å². The van der Waals surface area contributed by atoms with Crippen LogP contribution in [-0.2, 0) is 0 Å². The fraction of sp³-hybridized carbons (Fsp3) is 0.167. The lowest BCUT2D eigenvalue weighted by molar-refractivity contribution is 0.963. The Balaban J connectivity index is 2.85. The van der Waals surface area contributed by atoms with Gasteiger partial charge in [-0.15, -0.1) is 9.24 Å². The molecule has 0 saturated heterocycles. The van der Waals surface area contributed by atoms with E-state index >= 15 is 0 Å². The zero-order valence-corrected chi connectivity index (χ0v) is 6.14. The van der Waals surface area contributed by atoms with Gasteiger partial charge in [-0.25, -0.2) is 0 Å². The van der Waals surface area contributed by atoms with Gasteiger partial charge in [-0.05, 0) is 12.1 Å². The molecule has 1 rings (SSSR count). The van der Waals surface area contributed by atoms with Gasteiger partial charge >= 0.3 is 0 Å². The number of rotatable bonds is 1. The molecular weight excluding hydrogens is 131 g/mol. The molecule has 0 radical (unpaired) electrons. The van der Waals surface area contributed by atoms with Gasteiger partial charge in [0.2, 0.25) is 0 Å². The largest absolute Gasteiger partial charge is 0.320 e. The minimum atomic E-state index is -0.0359. The van der Waals surface area contributed by atoms with Crippen molar-refractivity contribution in [3.63, 3.8) is 0 Å². The van der Waals surface area contributed by atoms with Crippen LogP contribution in [0.25, 0.3) is 0 Å². The lowest BCUT2D eigenvalue weighted by atomic mass is 10.3. The van der Waals surface area contributed by atoms with Crippen LogP contribution in [0, 0.1) is 0 Å². The molecule has 0 aromatic carbocycles. The standard InChI is InChI=1S/C6H9N2P/c7-6(9)5-3-1-2-4-8-5/h1-4,6H,7,9H2. The summed E-state index contributed by atoms with van der Waals surface area (Å²) >= 11 is 0. The third-order valence-corrected chi connectivity index (χ3v) is 1.37. The molecule has 0 spiro atoms. The summed E-state index contributed by atoms with van der Waals surface area (Å²) in [5, 5.41) is 0. The van der Waals surface area contributed by atoms with Crippen molar-refractivity contribution in [2.45, 2.75) is 5.78 Å². The Labute approximate surface area is 56.7 Å². The van der Waals surface area contributed by atoms with E-state index in [1.54, 1.807) is 6.20 Å². The highest BCUT2D eigenvalue weighted by Gasteiger charge is 1.95. The van der Waals surface area contributed by atoms with Crippen molar-refractivity contribution in [1.82, 2.24) is 4.98 Å². The quantitative estimate of drug-likeness (QED) is 0.589. The molecule has 9 heavy (non-hydrogen) atoms. The van der Waals surface area contributed by atoms with Gasteiger partial charge in [-0.3, -0.25) is 4.98 Å². The number of pyridine rings is 1. The molecule has 0 amide bonds. The van der Waals surface area contributed by atoms with Crippen LogP contribution >= 0.6 is 9.24 Å². The van der Waals surface area contributed by atoms with E-state index in [4.69, 9.17) is 5.73 Å². The van der Waals surface area contributed by atoms with Crippen LogP contribution in [-0.4, -0.2) is 4.98 Å². The predicted octanol–water partition coefficient (Wildman–Crippen LogP) is 0.914. The number of nitrogens with zero attached hydrogens (tertiary/aromatic N) is 1. The molecule has 0 aliphatic heterocycles. The molecule has 3 heteroatoms. The molecule has 0 aliphatic carbocycles. The van der Waals surface area contributed by atoms with Crippen LogP contribution in [0.3, 0.4) is 0 Å². The first-order valence-corrected chi connectivity index (χ1v) is 3.39. The fourth-order valence-electron chi connectivity index (χ4n) is 0.573. The highest BCUT2D eigenvalue weighted by Crippen LogP contribution is 2.11. The molecule has 1 heterocycles. The average molecular weight is 140 g/mol. The minimum Gasteiger partial charge on any atom is -0.320 e. The monoisotopic (exact) mass is 140 g/mol. The van der Waals surface area contributed by atoms with Crippen LogP contribution in [0.4, 0.5) is 0 Å². The fourth-order valence-corrected chi connectivity index (χ4v) is 0.770. The van der Waals surface area contributed by atoms with Gasteiger partial charge in [0.1, 0.15) is 0 Å². The summed E-state index contributed by atoms with van der Waals surface area (Å²) in [6, 6.07) is 5.69. The molecule has 0 aliphatic rings. The van der Waals surface area contributed by atoms with E-state index in [0.29, 0.717) is 0 Å². The molecule has 0 fully saturated rings. The van der Waals surface area contributed by atoms with Crippen molar-refractivity contribution < 1.29 is 0 Å². The maximum absolute atomic E-state index is 5.51. The smallest absolute Gasteiger partial charge is 0.0612 e. The van der Waals surface area contributed by atoms with Gasteiger partial charge in [0, 0.05) is 6.20 Å². The number of aromatic nitrogens is 1. The second-order valence-electron chi connectivity index (χ2n) is 1.78. The second kappa shape index (κ2) is 2.90. The van der Waals surface area contributed by atoms with Crippen molar-refractivity contribution in [1.29, 1.82) is 0 Å². The molecule has 1 aromatic heterocycles. The highest BCUT2D eigenvalue weighted by molar-refractivity contribution is 7.17. The number of hydrogen-bond donors (Lipinski definition) is 1. The summed E-state index contributed by atoms with van der Waals surface area (Å²) in [6.45, 7) is 0. The van der Waals surface area contributed by atoms with E-state index < -0.39 is 0 Å².